The Kier molecular flexibility index (Phi) is 5.44. The predicted octanol–water partition coefficient (Wildman–Crippen LogP) is 3.51. The van der Waals surface area contributed by atoms with E-state index in [0.717, 1.165) is 40.8 Å². The Morgan fingerprint density at radius 2 is 1.70 bits per heavy atom. The number of carbonyl (C=O) groups excluding carboxylic acids is 1. The number of hydrogen-bond acceptors (Lipinski definition) is 5. The molecule has 0 fully saturated rings. The van der Waals surface area contributed by atoms with Gasteiger partial charge < -0.3 is 24.3 Å². The molecule has 6 heteroatoms. The summed E-state index contributed by atoms with van der Waals surface area (Å²) >= 11 is 0. The normalized spacial score (nSPS) is 15.1. The van der Waals surface area contributed by atoms with Gasteiger partial charge in [-0.15, -0.1) is 0 Å². The van der Waals surface area contributed by atoms with Crippen LogP contribution >= 0.6 is 0 Å². The summed E-state index contributed by atoms with van der Waals surface area (Å²) in [6.45, 7) is 1.53. The Morgan fingerprint density at radius 3 is 2.30 bits per heavy atom. The number of amides is 1. The van der Waals surface area contributed by atoms with Gasteiger partial charge in [0.15, 0.2) is 11.5 Å². The second-order valence-corrected chi connectivity index (χ2v) is 6.42. The van der Waals surface area contributed by atoms with Crippen molar-refractivity contribution in [3.8, 4) is 34.1 Å². The van der Waals surface area contributed by atoms with Crippen LogP contribution in [0.15, 0.2) is 24.3 Å². The number of hydrogen-bond donors (Lipinski definition) is 1. The van der Waals surface area contributed by atoms with Gasteiger partial charge in [-0.2, -0.15) is 0 Å². The first-order valence-corrected chi connectivity index (χ1v) is 8.81. The van der Waals surface area contributed by atoms with Crippen molar-refractivity contribution in [1.82, 2.24) is 5.32 Å². The molecule has 1 atom stereocenters. The molecule has 1 amide bonds. The number of ether oxygens (including phenoxy) is 4. The molecule has 0 unspecified atom stereocenters. The van der Waals surface area contributed by atoms with Crippen LogP contribution in [0.25, 0.3) is 11.1 Å². The first kappa shape index (κ1) is 18.9. The maximum absolute atomic E-state index is 11.8. The molecule has 27 heavy (non-hydrogen) atoms. The first-order chi connectivity index (χ1) is 13.0. The summed E-state index contributed by atoms with van der Waals surface area (Å²) < 4.78 is 22.2. The molecule has 1 aliphatic carbocycles. The average Bonchev–Trinajstić information content (AvgIpc) is 2.82. The molecule has 1 aliphatic rings. The number of carbonyl (C=O) groups is 1. The van der Waals surface area contributed by atoms with Crippen molar-refractivity contribution in [1.29, 1.82) is 0 Å². The zero-order valence-electron chi connectivity index (χ0n) is 16.3. The van der Waals surface area contributed by atoms with Crippen LogP contribution in [0.3, 0.4) is 0 Å². The van der Waals surface area contributed by atoms with Gasteiger partial charge in [0.25, 0.3) is 0 Å². The topological polar surface area (TPSA) is 66.0 Å². The highest BCUT2D eigenvalue weighted by Gasteiger charge is 2.29. The van der Waals surface area contributed by atoms with Gasteiger partial charge in [0.05, 0.1) is 34.5 Å². The third-order valence-electron chi connectivity index (χ3n) is 4.92. The van der Waals surface area contributed by atoms with Gasteiger partial charge in [0.1, 0.15) is 5.75 Å². The number of rotatable bonds is 5. The SMILES string of the molecule is COc1ccc2c(c1)[C@H](NC(C)=O)CCc1c-2cc(OC)c(OC)c1OC. The second-order valence-electron chi connectivity index (χ2n) is 6.42. The molecule has 6 nitrogen and oxygen atoms in total. The largest absolute Gasteiger partial charge is 0.497 e. The molecule has 0 heterocycles. The minimum Gasteiger partial charge on any atom is -0.497 e. The van der Waals surface area contributed by atoms with E-state index < -0.39 is 0 Å². The lowest BCUT2D eigenvalue weighted by atomic mass is 9.94. The number of fused-ring (bicyclic) bond motifs is 3. The summed E-state index contributed by atoms with van der Waals surface area (Å²) in [7, 11) is 6.47. The Morgan fingerprint density at radius 1 is 0.963 bits per heavy atom. The van der Waals surface area contributed by atoms with Gasteiger partial charge in [-0.25, -0.2) is 0 Å². The van der Waals surface area contributed by atoms with Gasteiger partial charge in [0.2, 0.25) is 11.7 Å². The fourth-order valence-corrected chi connectivity index (χ4v) is 3.75. The lowest BCUT2D eigenvalue weighted by Gasteiger charge is -2.20. The van der Waals surface area contributed by atoms with Gasteiger partial charge in [-0.1, -0.05) is 6.07 Å². The molecule has 3 rings (SSSR count). The predicted molar refractivity (Wildman–Crippen MR) is 103 cm³/mol. The molecular weight excluding hydrogens is 346 g/mol. The van der Waals surface area contributed by atoms with E-state index in [0.29, 0.717) is 17.2 Å². The van der Waals surface area contributed by atoms with E-state index in [-0.39, 0.29) is 11.9 Å². The van der Waals surface area contributed by atoms with E-state index >= 15 is 0 Å². The number of nitrogens with one attached hydrogen (secondary N) is 1. The molecule has 0 radical (unpaired) electrons. The molecule has 0 aromatic heterocycles. The molecule has 2 aromatic carbocycles. The molecular formula is C21H25NO5. The maximum atomic E-state index is 11.8. The van der Waals surface area contributed by atoms with Crippen molar-refractivity contribution in [3.05, 3.63) is 35.4 Å². The van der Waals surface area contributed by atoms with Gasteiger partial charge >= 0.3 is 0 Å². The summed E-state index contributed by atoms with van der Waals surface area (Å²) in [5.41, 5.74) is 4.07. The summed E-state index contributed by atoms with van der Waals surface area (Å²) in [6.07, 6.45) is 1.46. The highest BCUT2D eigenvalue weighted by molar-refractivity contribution is 5.81. The van der Waals surface area contributed by atoms with Crippen molar-refractivity contribution >= 4 is 5.91 Å². The standard InChI is InChI=1S/C21H25NO5/c1-12(23)22-18-9-8-15-16(14-7-6-13(24-2)10-17(14)18)11-19(25-3)21(27-5)20(15)26-4/h6-7,10-11,18H,8-9H2,1-5H3,(H,22,23)/t18-/m1/s1. The monoisotopic (exact) mass is 371 g/mol. The van der Waals surface area contributed by atoms with E-state index in [4.69, 9.17) is 18.9 Å². The summed E-state index contributed by atoms with van der Waals surface area (Å²) in [5.74, 6) is 2.53. The van der Waals surface area contributed by atoms with E-state index in [9.17, 15) is 4.79 Å². The van der Waals surface area contributed by atoms with E-state index in [1.165, 1.54) is 6.92 Å². The minimum absolute atomic E-state index is 0.0677. The van der Waals surface area contributed by atoms with Crippen molar-refractivity contribution in [3.63, 3.8) is 0 Å². The molecule has 0 bridgehead atoms. The van der Waals surface area contributed by atoms with Crippen LogP contribution in [0.1, 0.15) is 30.5 Å². The van der Waals surface area contributed by atoms with Crippen molar-refractivity contribution in [2.45, 2.75) is 25.8 Å². The van der Waals surface area contributed by atoms with Crippen LogP contribution in [0.4, 0.5) is 0 Å². The van der Waals surface area contributed by atoms with Crippen LogP contribution in [0.2, 0.25) is 0 Å². The van der Waals surface area contributed by atoms with E-state index in [1.54, 1.807) is 28.4 Å². The zero-order valence-corrected chi connectivity index (χ0v) is 16.3. The average molecular weight is 371 g/mol. The van der Waals surface area contributed by atoms with E-state index in [1.807, 2.05) is 24.3 Å². The van der Waals surface area contributed by atoms with Crippen molar-refractivity contribution < 1.29 is 23.7 Å². The zero-order chi connectivity index (χ0) is 19.6. The molecule has 2 aromatic rings. The number of methoxy groups -OCH3 is 4. The van der Waals surface area contributed by atoms with Gasteiger partial charge in [-0.3, -0.25) is 4.79 Å². The highest BCUT2D eigenvalue weighted by Crippen LogP contribution is 2.49. The Bertz CT molecular complexity index is 862. The first-order valence-electron chi connectivity index (χ1n) is 8.81. The molecule has 0 saturated heterocycles. The third-order valence-corrected chi connectivity index (χ3v) is 4.92. The van der Waals surface area contributed by atoms with Crippen LogP contribution in [0.5, 0.6) is 23.0 Å². The molecule has 0 saturated carbocycles. The molecule has 0 spiro atoms. The highest BCUT2D eigenvalue weighted by atomic mass is 16.5. The van der Waals surface area contributed by atoms with E-state index in [2.05, 4.69) is 5.32 Å². The Labute approximate surface area is 159 Å². The summed E-state index contributed by atoms with van der Waals surface area (Å²) in [4.78, 5) is 11.8. The quantitative estimate of drug-likeness (QED) is 0.871. The molecule has 144 valence electrons. The van der Waals surface area contributed by atoms with Crippen LogP contribution in [0, 0.1) is 0 Å². The smallest absolute Gasteiger partial charge is 0.217 e. The van der Waals surface area contributed by atoms with Crippen LogP contribution in [-0.2, 0) is 11.2 Å². The van der Waals surface area contributed by atoms with Gasteiger partial charge in [0, 0.05) is 12.5 Å². The second kappa shape index (κ2) is 7.78. The fourth-order valence-electron chi connectivity index (χ4n) is 3.75. The summed E-state index contributed by atoms with van der Waals surface area (Å²) in [6, 6.07) is 7.76. The fraction of sp³-hybridized carbons (Fsp3) is 0.381. The van der Waals surface area contributed by atoms with Crippen LogP contribution in [-0.4, -0.2) is 34.3 Å². The van der Waals surface area contributed by atoms with Crippen LogP contribution < -0.4 is 24.3 Å². The lowest BCUT2D eigenvalue weighted by Crippen LogP contribution is -2.26. The molecule has 1 N–H and O–H groups in total. The van der Waals surface area contributed by atoms with Crippen molar-refractivity contribution in [2.75, 3.05) is 28.4 Å². The van der Waals surface area contributed by atoms with Gasteiger partial charge in [-0.05, 0) is 47.7 Å². The third kappa shape index (κ3) is 3.39. The Hall–Kier alpha value is -2.89. The lowest BCUT2D eigenvalue weighted by molar-refractivity contribution is -0.119. The van der Waals surface area contributed by atoms with Crippen molar-refractivity contribution in [2.24, 2.45) is 0 Å². The maximum Gasteiger partial charge on any atom is 0.217 e. The number of benzene rings is 2. The molecule has 0 aliphatic heterocycles. The summed E-state index contributed by atoms with van der Waals surface area (Å²) in [5, 5.41) is 3.06. The minimum atomic E-state index is -0.123. The Balaban J connectivity index is 2.28.